The van der Waals surface area contributed by atoms with Crippen molar-refractivity contribution in [3.8, 4) is 10.8 Å². The van der Waals surface area contributed by atoms with E-state index < -0.39 is 0 Å². The van der Waals surface area contributed by atoms with Gasteiger partial charge in [0.05, 0.1) is 10.3 Å². The molecule has 1 unspecified atom stereocenters. The fraction of sp³-hybridized carbons (Fsp3) is 0.273. The molecule has 0 fully saturated rings. The van der Waals surface area contributed by atoms with E-state index in [0.29, 0.717) is 11.7 Å². The molecular weight excluding hydrogens is 276 g/mol. The van der Waals surface area contributed by atoms with E-state index in [1.54, 1.807) is 22.7 Å². The lowest BCUT2D eigenvalue weighted by molar-refractivity contribution is 0.422. The fourth-order valence-corrected chi connectivity index (χ4v) is 3.63. The normalized spacial score (nSPS) is 13.3. The second-order valence-corrected chi connectivity index (χ2v) is 6.15. The van der Waals surface area contributed by atoms with Gasteiger partial charge in [-0.2, -0.15) is 4.98 Å². The largest absolute Gasteiger partial charge is 0.333 e. The number of alkyl halides is 1. The van der Waals surface area contributed by atoms with E-state index in [1.807, 2.05) is 6.92 Å². The Balaban J connectivity index is 1.98. The zero-order chi connectivity index (χ0) is 11.8. The van der Waals surface area contributed by atoms with Crippen LogP contribution in [0.3, 0.4) is 0 Å². The summed E-state index contributed by atoms with van der Waals surface area (Å²) in [5.41, 5.74) is 0. The number of hydrogen-bond donors (Lipinski definition) is 0. The van der Waals surface area contributed by atoms with Crippen LogP contribution in [0.5, 0.6) is 0 Å². The van der Waals surface area contributed by atoms with Crippen LogP contribution in [0.4, 0.5) is 0 Å². The molecule has 0 bridgehead atoms. The molecule has 3 nitrogen and oxygen atoms in total. The van der Waals surface area contributed by atoms with Crippen LogP contribution in [0.15, 0.2) is 22.0 Å². The molecule has 88 valence electrons. The van der Waals surface area contributed by atoms with Gasteiger partial charge in [0, 0.05) is 9.40 Å². The first kappa shape index (κ1) is 11.2. The SMILES string of the molecule is CCC(Cl)c1noc(-c2cc3sccc3s2)n1. The Hall–Kier alpha value is -0.910. The molecular formula is C11H9ClN2OS2. The van der Waals surface area contributed by atoms with E-state index in [9.17, 15) is 0 Å². The van der Waals surface area contributed by atoms with Crippen LogP contribution in [-0.2, 0) is 0 Å². The lowest BCUT2D eigenvalue weighted by atomic mass is 10.3. The lowest BCUT2D eigenvalue weighted by Crippen LogP contribution is -1.90. The summed E-state index contributed by atoms with van der Waals surface area (Å²) >= 11 is 9.45. The monoisotopic (exact) mass is 284 g/mol. The standard InChI is InChI=1S/C11H9ClN2OS2/c1-2-6(12)10-13-11(15-14-10)9-5-8-7(17-9)3-4-16-8/h3-6H,2H2,1H3. The molecule has 3 aromatic heterocycles. The summed E-state index contributed by atoms with van der Waals surface area (Å²) in [5, 5.41) is 5.82. The Bertz CT molecular complexity index is 614. The maximum Gasteiger partial charge on any atom is 0.268 e. The van der Waals surface area contributed by atoms with Gasteiger partial charge in [0.2, 0.25) is 0 Å². The zero-order valence-corrected chi connectivity index (χ0v) is 11.4. The lowest BCUT2D eigenvalue weighted by Gasteiger charge is -1.95. The molecule has 0 aliphatic heterocycles. The van der Waals surface area contributed by atoms with E-state index in [4.69, 9.17) is 16.1 Å². The molecule has 0 spiro atoms. The molecule has 0 saturated heterocycles. The third-order valence-electron chi connectivity index (χ3n) is 2.43. The third kappa shape index (κ3) is 1.99. The van der Waals surface area contributed by atoms with Crippen molar-refractivity contribution < 1.29 is 4.52 Å². The van der Waals surface area contributed by atoms with E-state index in [2.05, 4.69) is 27.7 Å². The van der Waals surface area contributed by atoms with Crippen molar-refractivity contribution in [1.82, 2.24) is 10.1 Å². The summed E-state index contributed by atoms with van der Waals surface area (Å²) < 4.78 is 7.75. The van der Waals surface area contributed by atoms with Gasteiger partial charge in [0.15, 0.2) is 5.82 Å². The Morgan fingerprint density at radius 3 is 3.12 bits per heavy atom. The van der Waals surface area contributed by atoms with Crippen LogP contribution in [-0.4, -0.2) is 10.1 Å². The summed E-state index contributed by atoms with van der Waals surface area (Å²) in [6.45, 7) is 1.99. The molecule has 6 heteroatoms. The summed E-state index contributed by atoms with van der Waals surface area (Å²) in [5.74, 6) is 1.13. The fourth-order valence-electron chi connectivity index (χ4n) is 1.52. The molecule has 3 rings (SSSR count). The average Bonchev–Trinajstić information content (AvgIpc) is 3.00. The van der Waals surface area contributed by atoms with Crippen LogP contribution < -0.4 is 0 Å². The number of thiophene rings is 2. The minimum absolute atomic E-state index is 0.173. The predicted octanol–water partition coefficient (Wildman–Crippen LogP) is 4.70. The first-order valence-corrected chi connectivity index (χ1v) is 7.36. The van der Waals surface area contributed by atoms with Gasteiger partial charge in [-0.05, 0) is 23.9 Å². The highest BCUT2D eigenvalue weighted by atomic mass is 35.5. The average molecular weight is 285 g/mol. The number of rotatable bonds is 3. The molecule has 0 aliphatic carbocycles. The molecule has 0 amide bonds. The van der Waals surface area contributed by atoms with E-state index in [-0.39, 0.29) is 5.38 Å². The van der Waals surface area contributed by atoms with Crippen molar-refractivity contribution in [3.05, 3.63) is 23.3 Å². The molecule has 0 aromatic carbocycles. The molecule has 3 heterocycles. The van der Waals surface area contributed by atoms with Crippen molar-refractivity contribution in [2.75, 3.05) is 0 Å². The van der Waals surface area contributed by atoms with Crippen molar-refractivity contribution in [3.63, 3.8) is 0 Å². The summed E-state index contributed by atoms with van der Waals surface area (Å²) in [6, 6.07) is 4.18. The number of fused-ring (bicyclic) bond motifs is 1. The molecule has 17 heavy (non-hydrogen) atoms. The second kappa shape index (κ2) is 4.40. The van der Waals surface area contributed by atoms with E-state index >= 15 is 0 Å². The quantitative estimate of drug-likeness (QED) is 0.654. The highest BCUT2D eigenvalue weighted by Crippen LogP contribution is 2.36. The minimum Gasteiger partial charge on any atom is -0.333 e. The number of halogens is 1. The van der Waals surface area contributed by atoms with E-state index in [1.165, 1.54) is 9.40 Å². The smallest absolute Gasteiger partial charge is 0.268 e. The van der Waals surface area contributed by atoms with Crippen LogP contribution in [0.1, 0.15) is 24.5 Å². The third-order valence-corrected chi connectivity index (χ3v) is 5.02. The Morgan fingerprint density at radius 2 is 2.35 bits per heavy atom. The van der Waals surface area contributed by atoms with Gasteiger partial charge in [-0.15, -0.1) is 34.3 Å². The molecule has 0 N–H and O–H groups in total. The topological polar surface area (TPSA) is 38.9 Å². The summed E-state index contributed by atoms with van der Waals surface area (Å²) in [7, 11) is 0. The van der Waals surface area contributed by atoms with Gasteiger partial charge in [0.1, 0.15) is 0 Å². The molecule has 0 radical (unpaired) electrons. The van der Waals surface area contributed by atoms with Gasteiger partial charge in [-0.1, -0.05) is 12.1 Å². The van der Waals surface area contributed by atoms with Crippen LogP contribution >= 0.6 is 34.3 Å². The van der Waals surface area contributed by atoms with Crippen molar-refractivity contribution in [2.24, 2.45) is 0 Å². The van der Waals surface area contributed by atoms with Crippen LogP contribution in [0, 0.1) is 0 Å². The zero-order valence-electron chi connectivity index (χ0n) is 9.01. The van der Waals surface area contributed by atoms with Crippen LogP contribution in [0.2, 0.25) is 0 Å². The predicted molar refractivity (Wildman–Crippen MR) is 71.9 cm³/mol. The van der Waals surface area contributed by atoms with Gasteiger partial charge in [0.25, 0.3) is 5.89 Å². The van der Waals surface area contributed by atoms with Crippen molar-refractivity contribution in [2.45, 2.75) is 18.7 Å². The molecule has 1 atom stereocenters. The number of nitrogens with zero attached hydrogens (tertiary/aromatic N) is 2. The van der Waals surface area contributed by atoms with Gasteiger partial charge < -0.3 is 4.52 Å². The Kier molecular flexibility index (Phi) is 2.90. The molecule has 0 aliphatic rings. The Labute approximate surface area is 111 Å². The first-order valence-electron chi connectivity index (χ1n) is 5.23. The first-order chi connectivity index (χ1) is 8.28. The summed E-state index contributed by atoms with van der Waals surface area (Å²) in [6.07, 6.45) is 0.792. The van der Waals surface area contributed by atoms with Gasteiger partial charge >= 0.3 is 0 Å². The minimum atomic E-state index is -0.173. The number of hydrogen-bond acceptors (Lipinski definition) is 5. The Morgan fingerprint density at radius 1 is 1.47 bits per heavy atom. The van der Waals surface area contributed by atoms with Crippen LogP contribution in [0.25, 0.3) is 20.2 Å². The molecule has 0 saturated carbocycles. The highest BCUT2D eigenvalue weighted by molar-refractivity contribution is 7.28. The van der Waals surface area contributed by atoms with Gasteiger partial charge in [-0.25, -0.2) is 0 Å². The van der Waals surface area contributed by atoms with Crippen molar-refractivity contribution >= 4 is 43.7 Å². The van der Waals surface area contributed by atoms with E-state index in [0.717, 1.165) is 11.3 Å². The summed E-state index contributed by atoms with van der Waals surface area (Å²) in [4.78, 5) is 5.34. The maximum absolute atomic E-state index is 6.07. The number of aromatic nitrogens is 2. The van der Waals surface area contributed by atoms with Crippen molar-refractivity contribution in [1.29, 1.82) is 0 Å². The second-order valence-electron chi connectivity index (χ2n) is 3.59. The maximum atomic E-state index is 6.07. The molecule has 3 aromatic rings. The van der Waals surface area contributed by atoms with Gasteiger partial charge in [-0.3, -0.25) is 0 Å². The highest BCUT2D eigenvalue weighted by Gasteiger charge is 2.16.